The molecular weight excluding hydrogens is 326 g/mol. The van der Waals surface area contributed by atoms with Gasteiger partial charge in [0.05, 0.1) is 4.90 Å². The average molecular weight is 346 g/mol. The molecule has 0 heterocycles. The van der Waals surface area contributed by atoms with E-state index >= 15 is 0 Å². The van der Waals surface area contributed by atoms with Crippen LogP contribution in [0.25, 0.3) is 0 Å². The fourth-order valence-electron chi connectivity index (χ4n) is 2.52. The highest BCUT2D eigenvalue weighted by atomic mass is 79.9. The van der Waals surface area contributed by atoms with Gasteiger partial charge in [-0.05, 0) is 59.3 Å². The molecule has 3 nitrogen and oxygen atoms in total. The summed E-state index contributed by atoms with van der Waals surface area (Å²) >= 11 is 3.33. The van der Waals surface area contributed by atoms with Gasteiger partial charge in [0.2, 0.25) is 10.0 Å². The van der Waals surface area contributed by atoms with E-state index in [9.17, 15) is 8.42 Å². The third-order valence-corrected chi connectivity index (χ3v) is 6.06. The van der Waals surface area contributed by atoms with E-state index in [2.05, 4.69) is 20.7 Å². The van der Waals surface area contributed by atoms with Crippen molar-refractivity contribution in [2.75, 3.05) is 6.54 Å². The molecule has 0 spiro atoms. The van der Waals surface area contributed by atoms with Crippen LogP contribution >= 0.6 is 15.9 Å². The molecule has 0 radical (unpaired) electrons. The molecule has 1 aliphatic rings. The summed E-state index contributed by atoms with van der Waals surface area (Å²) in [5.41, 5.74) is 1.04. The topological polar surface area (TPSA) is 46.2 Å². The van der Waals surface area contributed by atoms with Gasteiger partial charge in [0.1, 0.15) is 0 Å². The van der Waals surface area contributed by atoms with Gasteiger partial charge in [-0.25, -0.2) is 13.1 Å². The van der Waals surface area contributed by atoms with Crippen LogP contribution in [0.15, 0.2) is 27.6 Å². The predicted molar refractivity (Wildman–Crippen MR) is 80.6 cm³/mol. The lowest BCUT2D eigenvalue weighted by Crippen LogP contribution is -2.30. The minimum Gasteiger partial charge on any atom is -0.211 e. The van der Waals surface area contributed by atoms with Crippen LogP contribution in [-0.2, 0) is 10.0 Å². The maximum absolute atomic E-state index is 12.3. The molecule has 19 heavy (non-hydrogen) atoms. The zero-order chi connectivity index (χ0) is 13.9. The zero-order valence-electron chi connectivity index (χ0n) is 11.2. The number of nitrogens with one attached hydrogen (secondary N) is 1. The highest BCUT2D eigenvalue weighted by Gasteiger charge is 2.20. The summed E-state index contributed by atoms with van der Waals surface area (Å²) in [6, 6.07) is 5.30. The fraction of sp³-hybridized carbons (Fsp3) is 0.571. The molecular formula is C14H20BrNO2S. The monoisotopic (exact) mass is 345 g/mol. The Kier molecular flexibility index (Phi) is 5.03. The maximum Gasteiger partial charge on any atom is 0.241 e. The van der Waals surface area contributed by atoms with Crippen molar-refractivity contribution in [2.24, 2.45) is 5.92 Å². The van der Waals surface area contributed by atoms with E-state index in [4.69, 9.17) is 0 Å². The Morgan fingerprint density at radius 3 is 2.58 bits per heavy atom. The zero-order valence-corrected chi connectivity index (χ0v) is 13.6. The van der Waals surface area contributed by atoms with E-state index in [0.29, 0.717) is 21.8 Å². The number of aryl methyl sites for hydroxylation is 1. The first-order valence-corrected chi connectivity index (χ1v) is 9.02. The normalized spacial score (nSPS) is 17.6. The summed E-state index contributed by atoms with van der Waals surface area (Å²) in [6.07, 6.45) is 6.00. The van der Waals surface area contributed by atoms with Gasteiger partial charge in [0.25, 0.3) is 0 Å². The van der Waals surface area contributed by atoms with Gasteiger partial charge in [-0.2, -0.15) is 0 Å². The summed E-state index contributed by atoms with van der Waals surface area (Å²) in [5, 5.41) is 0. The van der Waals surface area contributed by atoms with Crippen molar-refractivity contribution in [3.63, 3.8) is 0 Å². The molecule has 0 aliphatic heterocycles. The van der Waals surface area contributed by atoms with Crippen LogP contribution in [0.1, 0.15) is 37.7 Å². The molecule has 1 fully saturated rings. The molecule has 1 saturated carbocycles. The van der Waals surface area contributed by atoms with Crippen molar-refractivity contribution in [3.8, 4) is 0 Å². The third kappa shape index (κ3) is 4.04. The molecule has 2 rings (SSSR count). The van der Waals surface area contributed by atoms with E-state index in [1.807, 2.05) is 19.1 Å². The van der Waals surface area contributed by atoms with Crippen LogP contribution in [0.5, 0.6) is 0 Å². The Balaban J connectivity index is 2.05. The molecule has 0 bridgehead atoms. The molecule has 0 aromatic heterocycles. The third-order valence-electron chi connectivity index (χ3n) is 3.66. The number of halogens is 1. The van der Waals surface area contributed by atoms with Crippen LogP contribution in [0.4, 0.5) is 0 Å². The van der Waals surface area contributed by atoms with E-state index in [-0.39, 0.29) is 0 Å². The minimum absolute atomic E-state index is 0.328. The lowest BCUT2D eigenvalue weighted by molar-refractivity contribution is 0.357. The highest BCUT2D eigenvalue weighted by Crippen LogP contribution is 2.25. The summed E-state index contributed by atoms with van der Waals surface area (Å²) in [6.45, 7) is 2.50. The Morgan fingerprint density at radius 1 is 1.26 bits per heavy atom. The van der Waals surface area contributed by atoms with Gasteiger partial charge in [-0.15, -0.1) is 0 Å². The van der Waals surface area contributed by atoms with E-state index in [0.717, 1.165) is 18.4 Å². The number of rotatable bonds is 4. The van der Waals surface area contributed by atoms with Gasteiger partial charge < -0.3 is 0 Å². The van der Waals surface area contributed by atoms with Crippen molar-refractivity contribution < 1.29 is 8.42 Å². The van der Waals surface area contributed by atoms with Crippen LogP contribution in [0.3, 0.4) is 0 Å². The van der Waals surface area contributed by atoms with Gasteiger partial charge in [-0.1, -0.05) is 25.3 Å². The average Bonchev–Trinajstić information content (AvgIpc) is 2.37. The predicted octanol–water partition coefficient (Wildman–Crippen LogP) is 3.62. The molecule has 106 valence electrons. The summed E-state index contributed by atoms with van der Waals surface area (Å²) in [7, 11) is -3.40. The van der Waals surface area contributed by atoms with Crippen molar-refractivity contribution in [1.82, 2.24) is 4.72 Å². The van der Waals surface area contributed by atoms with Crippen molar-refractivity contribution in [2.45, 2.75) is 43.9 Å². The van der Waals surface area contributed by atoms with Crippen molar-refractivity contribution in [3.05, 3.63) is 28.2 Å². The van der Waals surface area contributed by atoms with E-state index in [1.54, 1.807) is 6.07 Å². The Morgan fingerprint density at radius 2 is 1.95 bits per heavy atom. The van der Waals surface area contributed by atoms with Crippen molar-refractivity contribution >= 4 is 26.0 Å². The number of benzene rings is 1. The van der Waals surface area contributed by atoms with Crippen molar-refractivity contribution in [1.29, 1.82) is 0 Å². The second-order valence-corrected chi connectivity index (χ2v) is 7.88. The molecule has 5 heteroatoms. The van der Waals surface area contributed by atoms with Gasteiger partial charge in [0.15, 0.2) is 0 Å². The van der Waals surface area contributed by atoms with Crippen LogP contribution in [0, 0.1) is 12.8 Å². The fourth-order valence-corrected chi connectivity index (χ4v) is 4.83. The quantitative estimate of drug-likeness (QED) is 0.905. The molecule has 1 aliphatic carbocycles. The molecule has 0 saturated heterocycles. The van der Waals surface area contributed by atoms with Gasteiger partial charge in [0, 0.05) is 11.0 Å². The SMILES string of the molecule is Cc1ccc(S(=O)(=O)NCC2CCCCC2)c(Br)c1. The Bertz CT molecular complexity index is 536. The van der Waals surface area contributed by atoms with E-state index in [1.165, 1.54) is 19.3 Å². The first-order valence-electron chi connectivity index (χ1n) is 6.75. The smallest absolute Gasteiger partial charge is 0.211 e. The largest absolute Gasteiger partial charge is 0.241 e. The second kappa shape index (κ2) is 6.37. The first-order chi connectivity index (χ1) is 8.99. The number of sulfonamides is 1. The van der Waals surface area contributed by atoms with Crippen LogP contribution < -0.4 is 4.72 Å². The molecule has 1 aromatic carbocycles. The van der Waals surface area contributed by atoms with Gasteiger partial charge in [-0.3, -0.25) is 0 Å². The standard InChI is InChI=1S/C14H20BrNO2S/c1-11-7-8-14(13(15)9-11)19(17,18)16-10-12-5-3-2-4-6-12/h7-9,12,16H,2-6,10H2,1H3. The molecule has 0 unspecified atom stereocenters. The molecule has 0 atom stereocenters. The second-order valence-electron chi connectivity index (χ2n) is 5.29. The lowest BCUT2D eigenvalue weighted by atomic mass is 9.90. The van der Waals surface area contributed by atoms with Crippen LogP contribution in [0.2, 0.25) is 0 Å². The van der Waals surface area contributed by atoms with Gasteiger partial charge >= 0.3 is 0 Å². The first kappa shape index (κ1) is 15.0. The van der Waals surface area contributed by atoms with E-state index < -0.39 is 10.0 Å². The molecule has 1 N–H and O–H groups in total. The minimum atomic E-state index is -3.40. The lowest BCUT2D eigenvalue weighted by Gasteiger charge is -2.21. The molecule has 1 aromatic rings. The summed E-state index contributed by atoms with van der Waals surface area (Å²) in [4.78, 5) is 0.328. The molecule has 0 amide bonds. The maximum atomic E-state index is 12.3. The Labute approximate surface area is 124 Å². The highest BCUT2D eigenvalue weighted by molar-refractivity contribution is 9.10. The number of hydrogen-bond acceptors (Lipinski definition) is 2. The summed E-state index contributed by atoms with van der Waals surface area (Å²) in [5.74, 6) is 0.493. The number of hydrogen-bond donors (Lipinski definition) is 1. The summed E-state index contributed by atoms with van der Waals surface area (Å²) < 4.78 is 27.9. The van der Waals surface area contributed by atoms with Crippen LogP contribution in [-0.4, -0.2) is 15.0 Å². The Hall–Kier alpha value is -0.390.